The third kappa shape index (κ3) is 4.73. The molecule has 0 radical (unpaired) electrons. The molecule has 0 saturated carbocycles. The minimum Gasteiger partial charge on any atom is -0.493 e. The number of hydrogen-bond donors (Lipinski definition) is 1. The maximum atomic E-state index is 5.59. The molecule has 0 unspecified atom stereocenters. The summed E-state index contributed by atoms with van der Waals surface area (Å²) in [5, 5.41) is 0. The lowest BCUT2D eigenvalue weighted by molar-refractivity contribution is 0.211. The Labute approximate surface area is 116 Å². The zero-order valence-corrected chi connectivity index (χ0v) is 12.5. The highest BCUT2D eigenvalue weighted by atomic mass is 16.5. The Hall–Kier alpha value is -1.26. The van der Waals surface area contributed by atoms with Crippen LogP contribution in [0.15, 0.2) is 18.2 Å². The Kier molecular flexibility index (Phi) is 6.67. The Morgan fingerprint density at radius 2 is 1.84 bits per heavy atom. The van der Waals surface area contributed by atoms with Crippen LogP contribution in [-0.4, -0.2) is 38.3 Å². The fraction of sp³-hybridized carbons (Fsp3) is 0.600. The van der Waals surface area contributed by atoms with Crippen LogP contribution in [-0.2, 0) is 6.54 Å². The summed E-state index contributed by atoms with van der Waals surface area (Å²) in [6, 6.07) is 6.57. The molecule has 0 aliphatic rings. The van der Waals surface area contributed by atoms with Crippen molar-refractivity contribution in [2.75, 3.05) is 27.3 Å². The van der Waals surface area contributed by atoms with Crippen molar-refractivity contribution in [3.8, 4) is 11.5 Å². The second-order valence-corrected chi connectivity index (χ2v) is 4.90. The minimum absolute atomic E-state index is 0.500. The van der Waals surface area contributed by atoms with Crippen LogP contribution in [0.5, 0.6) is 11.5 Å². The van der Waals surface area contributed by atoms with E-state index in [2.05, 4.69) is 24.8 Å². The van der Waals surface area contributed by atoms with E-state index in [1.54, 1.807) is 14.2 Å². The molecule has 1 rings (SSSR count). The first-order valence-electron chi connectivity index (χ1n) is 6.77. The van der Waals surface area contributed by atoms with Gasteiger partial charge in [-0.3, -0.25) is 4.90 Å². The molecule has 2 N–H and O–H groups in total. The molecule has 0 heterocycles. The van der Waals surface area contributed by atoms with E-state index in [0.29, 0.717) is 6.04 Å². The third-order valence-electron chi connectivity index (χ3n) is 3.21. The van der Waals surface area contributed by atoms with E-state index in [0.717, 1.165) is 37.6 Å². The van der Waals surface area contributed by atoms with Gasteiger partial charge < -0.3 is 15.2 Å². The summed E-state index contributed by atoms with van der Waals surface area (Å²) in [4.78, 5) is 2.41. The average Bonchev–Trinajstić information content (AvgIpc) is 2.42. The third-order valence-corrected chi connectivity index (χ3v) is 3.21. The fourth-order valence-electron chi connectivity index (χ4n) is 2.03. The zero-order valence-electron chi connectivity index (χ0n) is 12.5. The van der Waals surface area contributed by atoms with E-state index in [-0.39, 0.29) is 0 Å². The molecule has 1 aromatic carbocycles. The molecule has 0 atom stereocenters. The molecule has 0 aliphatic heterocycles. The van der Waals surface area contributed by atoms with Crippen molar-refractivity contribution in [3.63, 3.8) is 0 Å². The predicted octanol–water partition coefficient (Wildman–Crippen LogP) is 2.26. The first kappa shape index (κ1) is 15.8. The van der Waals surface area contributed by atoms with E-state index in [1.807, 2.05) is 12.1 Å². The van der Waals surface area contributed by atoms with E-state index < -0.39 is 0 Å². The van der Waals surface area contributed by atoms with Gasteiger partial charge in [0.25, 0.3) is 0 Å². The summed E-state index contributed by atoms with van der Waals surface area (Å²) >= 11 is 0. The molecular weight excluding hydrogens is 240 g/mol. The SMILES string of the molecule is COc1ccc(CN(CCCN)C(C)C)cc1OC. The van der Waals surface area contributed by atoms with Crippen molar-refractivity contribution < 1.29 is 9.47 Å². The van der Waals surface area contributed by atoms with Crippen molar-refractivity contribution in [1.29, 1.82) is 0 Å². The van der Waals surface area contributed by atoms with E-state index >= 15 is 0 Å². The van der Waals surface area contributed by atoms with Crippen LogP contribution >= 0.6 is 0 Å². The van der Waals surface area contributed by atoms with Gasteiger partial charge in [-0.2, -0.15) is 0 Å². The Morgan fingerprint density at radius 3 is 2.37 bits per heavy atom. The second-order valence-electron chi connectivity index (χ2n) is 4.90. The quantitative estimate of drug-likeness (QED) is 0.784. The van der Waals surface area contributed by atoms with Gasteiger partial charge in [0, 0.05) is 12.6 Å². The van der Waals surface area contributed by atoms with Crippen molar-refractivity contribution in [3.05, 3.63) is 23.8 Å². The van der Waals surface area contributed by atoms with Gasteiger partial charge >= 0.3 is 0 Å². The van der Waals surface area contributed by atoms with Crippen LogP contribution in [0.3, 0.4) is 0 Å². The molecule has 0 bridgehead atoms. The van der Waals surface area contributed by atoms with Crippen LogP contribution in [0.2, 0.25) is 0 Å². The molecule has 108 valence electrons. The van der Waals surface area contributed by atoms with Crippen molar-refractivity contribution in [2.24, 2.45) is 5.73 Å². The number of nitrogens with zero attached hydrogens (tertiary/aromatic N) is 1. The largest absolute Gasteiger partial charge is 0.493 e. The van der Waals surface area contributed by atoms with E-state index in [1.165, 1.54) is 5.56 Å². The molecule has 1 aromatic rings. The number of ether oxygens (including phenoxy) is 2. The zero-order chi connectivity index (χ0) is 14.3. The topological polar surface area (TPSA) is 47.7 Å². The lowest BCUT2D eigenvalue weighted by atomic mass is 10.1. The van der Waals surface area contributed by atoms with Crippen molar-refractivity contribution >= 4 is 0 Å². The molecule has 4 heteroatoms. The first-order valence-corrected chi connectivity index (χ1v) is 6.77. The monoisotopic (exact) mass is 266 g/mol. The number of nitrogens with two attached hydrogens (primary N) is 1. The lowest BCUT2D eigenvalue weighted by Gasteiger charge is -2.26. The summed E-state index contributed by atoms with van der Waals surface area (Å²) < 4.78 is 10.6. The normalized spacial score (nSPS) is 11.1. The maximum Gasteiger partial charge on any atom is 0.161 e. The summed E-state index contributed by atoms with van der Waals surface area (Å²) in [7, 11) is 3.31. The van der Waals surface area contributed by atoms with Crippen molar-refractivity contribution in [2.45, 2.75) is 32.9 Å². The Morgan fingerprint density at radius 1 is 1.16 bits per heavy atom. The molecular formula is C15H26N2O2. The minimum atomic E-state index is 0.500. The van der Waals surface area contributed by atoms with Gasteiger partial charge in [-0.15, -0.1) is 0 Å². The van der Waals surface area contributed by atoms with Gasteiger partial charge in [-0.05, 0) is 51.1 Å². The van der Waals surface area contributed by atoms with Gasteiger partial charge in [-0.1, -0.05) is 6.07 Å². The van der Waals surface area contributed by atoms with E-state index in [9.17, 15) is 0 Å². The molecule has 0 saturated heterocycles. The number of rotatable bonds is 8. The highest BCUT2D eigenvalue weighted by Crippen LogP contribution is 2.28. The molecule has 0 fully saturated rings. The fourth-order valence-corrected chi connectivity index (χ4v) is 2.03. The Balaban J connectivity index is 2.78. The summed E-state index contributed by atoms with van der Waals surface area (Å²) in [5.74, 6) is 1.55. The summed E-state index contributed by atoms with van der Waals surface area (Å²) in [6.45, 7) is 7.06. The Bertz CT molecular complexity index is 380. The number of benzene rings is 1. The van der Waals surface area contributed by atoms with Crippen LogP contribution in [0, 0.1) is 0 Å². The van der Waals surface area contributed by atoms with Crippen LogP contribution in [0.4, 0.5) is 0 Å². The molecule has 0 spiro atoms. The molecule has 4 nitrogen and oxygen atoms in total. The molecule has 0 aromatic heterocycles. The van der Waals surface area contributed by atoms with Gasteiger partial charge in [-0.25, -0.2) is 0 Å². The standard InChI is InChI=1S/C15H26N2O2/c1-12(2)17(9-5-8-16)11-13-6-7-14(18-3)15(10-13)19-4/h6-7,10,12H,5,8-9,11,16H2,1-4H3. The van der Waals surface area contributed by atoms with E-state index in [4.69, 9.17) is 15.2 Å². The highest BCUT2D eigenvalue weighted by Gasteiger charge is 2.11. The molecule has 0 aliphatic carbocycles. The number of hydrogen-bond acceptors (Lipinski definition) is 4. The van der Waals surface area contributed by atoms with Gasteiger partial charge in [0.05, 0.1) is 14.2 Å². The first-order chi connectivity index (χ1) is 9.12. The van der Waals surface area contributed by atoms with Gasteiger partial charge in [0.2, 0.25) is 0 Å². The second kappa shape index (κ2) is 8.02. The van der Waals surface area contributed by atoms with Crippen LogP contribution < -0.4 is 15.2 Å². The molecule has 0 amide bonds. The maximum absolute atomic E-state index is 5.59. The van der Waals surface area contributed by atoms with Gasteiger partial charge in [0.1, 0.15) is 0 Å². The molecule has 19 heavy (non-hydrogen) atoms. The van der Waals surface area contributed by atoms with Crippen molar-refractivity contribution in [1.82, 2.24) is 4.90 Å². The van der Waals surface area contributed by atoms with Crippen LogP contribution in [0.25, 0.3) is 0 Å². The summed E-state index contributed by atoms with van der Waals surface area (Å²) in [5.41, 5.74) is 6.82. The lowest BCUT2D eigenvalue weighted by Crippen LogP contribution is -2.32. The summed E-state index contributed by atoms with van der Waals surface area (Å²) in [6.07, 6.45) is 1.02. The van der Waals surface area contributed by atoms with Crippen LogP contribution in [0.1, 0.15) is 25.8 Å². The average molecular weight is 266 g/mol. The van der Waals surface area contributed by atoms with Gasteiger partial charge in [0.15, 0.2) is 11.5 Å². The predicted molar refractivity (Wildman–Crippen MR) is 78.8 cm³/mol. The smallest absolute Gasteiger partial charge is 0.161 e. The number of methoxy groups -OCH3 is 2. The highest BCUT2D eigenvalue weighted by molar-refractivity contribution is 5.42.